The molecule has 20 heavy (non-hydrogen) atoms. The Labute approximate surface area is 128 Å². The lowest BCUT2D eigenvalue weighted by Crippen LogP contribution is -2.39. The second kappa shape index (κ2) is 5.85. The lowest BCUT2D eigenvalue weighted by molar-refractivity contribution is -0.133. The molecule has 2 aromatic rings. The predicted molar refractivity (Wildman–Crippen MR) is 75.6 cm³/mol. The van der Waals surface area contributed by atoms with E-state index in [2.05, 4.69) is 20.5 Å². The first-order chi connectivity index (χ1) is 9.72. The number of aromatic nitrogens is 5. The summed E-state index contributed by atoms with van der Waals surface area (Å²) in [6.45, 7) is 1.65. The fraction of sp³-hybridized carbons (Fsp3) is 0.545. The average Bonchev–Trinajstić information content (AvgIpc) is 3.10. The van der Waals surface area contributed by atoms with Crippen LogP contribution in [0, 0.1) is 3.83 Å². The molecule has 1 aliphatic heterocycles. The van der Waals surface area contributed by atoms with Crippen LogP contribution in [-0.4, -0.2) is 49.0 Å². The standard InChI is InChI=1S/C11H13IN6O2/c12-11-14-10(20-15-11)8-1-4-17(5-2-8)9(19)7-18-6-3-13-16-18/h3,6,8H,1-2,4-5,7H2. The fourth-order valence-corrected chi connectivity index (χ4v) is 2.65. The van der Waals surface area contributed by atoms with E-state index in [0.29, 0.717) is 22.8 Å². The maximum absolute atomic E-state index is 12.1. The molecule has 1 aliphatic rings. The van der Waals surface area contributed by atoms with Crippen LogP contribution < -0.4 is 0 Å². The zero-order valence-electron chi connectivity index (χ0n) is 10.6. The van der Waals surface area contributed by atoms with Crippen molar-refractivity contribution in [2.75, 3.05) is 13.1 Å². The number of hydrogen-bond donors (Lipinski definition) is 0. The molecule has 3 heterocycles. The van der Waals surface area contributed by atoms with Gasteiger partial charge in [-0.1, -0.05) is 10.4 Å². The summed E-state index contributed by atoms with van der Waals surface area (Å²) in [5.74, 6) is 0.994. The highest BCUT2D eigenvalue weighted by molar-refractivity contribution is 14.1. The van der Waals surface area contributed by atoms with Crippen LogP contribution in [0.5, 0.6) is 0 Å². The van der Waals surface area contributed by atoms with E-state index in [-0.39, 0.29) is 18.4 Å². The summed E-state index contributed by atoms with van der Waals surface area (Å²) in [7, 11) is 0. The van der Waals surface area contributed by atoms with E-state index in [1.807, 2.05) is 27.5 Å². The summed E-state index contributed by atoms with van der Waals surface area (Å²) in [4.78, 5) is 18.2. The van der Waals surface area contributed by atoms with E-state index >= 15 is 0 Å². The van der Waals surface area contributed by atoms with Crippen molar-refractivity contribution < 1.29 is 9.32 Å². The van der Waals surface area contributed by atoms with Crippen molar-refractivity contribution in [1.29, 1.82) is 0 Å². The maximum Gasteiger partial charge on any atom is 0.244 e. The Kier molecular flexibility index (Phi) is 3.94. The van der Waals surface area contributed by atoms with Crippen molar-refractivity contribution in [3.05, 3.63) is 22.1 Å². The monoisotopic (exact) mass is 388 g/mol. The van der Waals surface area contributed by atoms with Gasteiger partial charge in [0.2, 0.25) is 15.6 Å². The highest BCUT2D eigenvalue weighted by Gasteiger charge is 2.27. The first-order valence-electron chi connectivity index (χ1n) is 6.33. The quantitative estimate of drug-likeness (QED) is 0.719. The van der Waals surface area contributed by atoms with Gasteiger partial charge in [-0.2, -0.15) is 4.98 Å². The third-order valence-electron chi connectivity index (χ3n) is 3.38. The van der Waals surface area contributed by atoms with E-state index in [9.17, 15) is 4.79 Å². The molecule has 1 fully saturated rings. The zero-order valence-corrected chi connectivity index (χ0v) is 12.8. The molecule has 0 bridgehead atoms. The SMILES string of the molecule is O=C(Cn1ccnn1)N1CCC(c2nc(I)no2)CC1. The van der Waals surface area contributed by atoms with E-state index in [4.69, 9.17) is 4.52 Å². The number of nitrogens with zero attached hydrogens (tertiary/aromatic N) is 6. The molecule has 0 saturated carbocycles. The van der Waals surface area contributed by atoms with Crippen LogP contribution in [-0.2, 0) is 11.3 Å². The first-order valence-corrected chi connectivity index (χ1v) is 7.41. The number of hydrogen-bond acceptors (Lipinski definition) is 6. The largest absolute Gasteiger partial charge is 0.341 e. The van der Waals surface area contributed by atoms with E-state index in [1.165, 1.54) is 4.68 Å². The molecule has 0 atom stereocenters. The number of rotatable bonds is 3. The van der Waals surface area contributed by atoms with Crippen LogP contribution in [0.25, 0.3) is 0 Å². The van der Waals surface area contributed by atoms with Gasteiger partial charge in [-0.25, -0.2) is 4.68 Å². The van der Waals surface area contributed by atoms with Gasteiger partial charge in [0.15, 0.2) is 0 Å². The number of likely N-dealkylation sites (tertiary alicyclic amines) is 1. The normalized spacial score (nSPS) is 16.6. The summed E-state index contributed by atoms with van der Waals surface area (Å²) in [5.41, 5.74) is 0. The molecule has 0 aliphatic carbocycles. The predicted octanol–water partition coefficient (Wildman–Crippen LogP) is 0.672. The molecule has 9 heteroatoms. The number of amides is 1. The molecule has 3 rings (SSSR count). The molecule has 8 nitrogen and oxygen atoms in total. The van der Waals surface area contributed by atoms with Gasteiger partial charge in [0.05, 0.1) is 6.20 Å². The third-order valence-corrected chi connectivity index (χ3v) is 3.82. The number of carbonyl (C=O) groups excluding carboxylic acids is 1. The summed E-state index contributed by atoms with van der Waals surface area (Å²) < 4.78 is 7.35. The second-order valence-electron chi connectivity index (χ2n) is 4.66. The average molecular weight is 388 g/mol. The molecule has 1 amide bonds. The number of carbonyl (C=O) groups is 1. The van der Waals surface area contributed by atoms with Crippen LogP contribution in [0.4, 0.5) is 0 Å². The molecule has 2 aromatic heterocycles. The molecule has 0 radical (unpaired) electrons. The van der Waals surface area contributed by atoms with E-state index in [0.717, 1.165) is 12.8 Å². The van der Waals surface area contributed by atoms with Gasteiger partial charge in [0.1, 0.15) is 6.54 Å². The number of piperidine rings is 1. The molecule has 106 valence electrons. The van der Waals surface area contributed by atoms with Gasteiger partial charge >= 0.3 is 0 Å². The van der Waals surface area contributed by atoms with Crippen LogP contribution in [0.15, 0.2) is 16.9 Å². The summed E-state index contributed by atoms with van der Waals surface area (Å²) >= 11 is 2.03. The van der Waals surface area contributed by atoms with Gasteiger partial charge in [0.25, 0.3) is 0 Å². The van der Waals surface area contributed by atoms with Gasteiger partial charge in [0, 0.05) is 47.8 Å². The van der Waals surface area contributed by atoms with Crippen LogP contribution in [0.1, 0.15) is 24.7 Å². The third kappa shape index (κ3) is 2.97. The Hall–Kier alpha value is -1.52. The Balaban J connectivity index is 1.54. The van der Waals surface area contributed by atoms with Crippen molar-refractivity contribution >= 4 is 28.5 Å². The van der Waals surface area contributed by atoms with Crippen molar-refractivity contribution in [2.45, 2.75) is 25.3 Å². The van der Waals surface area contributed by atoms with Crippen molar-refractivity contribution in [2.24, 2.45) is 0 Å². The van der Waals surface area contributed by atoms with Crippen molar-refractivity contribution in [3.63, 3.8) is 0 Å². The minimum absolute atomic E-state index is 0.0639. The number of halogens is 1. The minimum Gasteiger partial charge on any atom is -0.341 e. The van der Waals surface area contributed by atoms with Crippen LogP contribution in [0.2, 0.25) is 0 Å². The molecular weight excluding hydrogens is 375 g/mol. The molecule has 0 aromatic carbocycles. The Morgan fingerprint density at radius 2 is 2.25 bits per heavy atom. The first kappa shape index (κ1) is 13.5. The molecule has 0 spiro atoms. The summed E-state index contributed by atoms with van der Waals surface area (Å²) in [6, 6.07) is 0. The molecule has 0 unspecified atom stereocenters. The fourth-order valence-electron chi connectivity index (χ4n) is 2.31. The van der Waals surface area contributed by atoms with Crippen molar-refractivity contribution in [1.82, 2.24) is 30.0 Å². The highest BCUT2D eigenvalue weighted by Crippen LogP contribution is 2.26. The Morgan fingerprint density at radius 1 is 1.45 bits per heavy atom. The van der Waals surface area contributed by atoms with Crippen LogP contribution in [0.3, 0.4) is 0 Å². The van der Waals surface area contributed by atoms with Gasteiger partial charge < -0.3 is 9.42 Å². The van der Waals surface area contributed by atoms with Crippen molar-refractivity contribution in [3.8, 4) is 0 Å². The van der Waals surface area contributed by atoms with Crippen LogP contribution >= 0.6 is 22.6 Å². The molecular formula is C11H13IN6O2. The minimum atomic E-state index is 0.0639. The van der Waals surface area contributed by atoms with E-state index < -0.39 is 0 Å². The lowest BCUT2D eigenvalue weighted by Gasteiger charge is -2.30. The second-order valence-corrected chi connectivity index (χ2v) is 5.62. The summed E-state index contributed by atoms with van der Waals surface area (Å²) in [6.07, 6.45) is 4.95. The Morgan fingerprint density at radius 3 is 2.85 bits per heavy atom. The molecule has 0 N–H and O–H groups in total. The zero-order chi connectivity index (χ0) is 13.9. The highest BCUT2D eigenvalue weighted by atomic mass is 127. The van der Waals surface area contributed by atoms with Gasteiger partial charge in [-0.15, -0.1) is 5.10 Å². The lowest BCUT2D eigenvalue weighted by atomic mass is 9.97. The summed E-state index contributed by atoms with van der Waals surface area (Å²) in [5, 5.41) is 11.3. The van der Waals surface area contributed by atoms with Gasteiger partial charge in [-0.3, -0.25) is 4.79 Å². The Bertz CT molecular complexity index is 576. The van der Waals surface area contributed by atoms with Gasteiger partial charge in [-0.05, 0) is 12.8 Å². The maximum atomic E-state index is 12.1. The smallest absolute Gasteiger partial charge is 0.244 e. The van der Waals surface area contributed by atoms with E-state index in [1.54, 1.807) is 12.4 Å². The molecule has 1 saturated heterocycles. The topological polar surface area (TPSA) is 89.9 Å².